The van der Waals surface area contributed by atoms with Gasteiger partial charge in [0.2, 0.25) is 0 Å². The minimum Gasteiger partial charge on any atom is -0.325 e. The average molecular weight is 336 g/mol. The van der Waals surface area contributed by atoms with Crippen LogP contribution in [0.3, 0.4) is 0 Å². The van der Waals surface area contributed by atoms with Crippen LogP contribution >= 0.6 is 15.9 Å². The van der Waals surface area contributed by atoms with E-state index in [0.29, 0.717) is 0 Å². The van der Waals surface area contributed by atoms with Gasteiger partial charge < -0.3 is 9.88 Å². The fourth-order valence-corrected chi connectivity index (χ4v) is 2.87. The fourth-order valence-electron chi connectivity index (χ4n) is 2.37. The lowest BCUT2D eigenvalue weighted by Crippen LogP contribution is -2.13. The first-order valence-electron chi connectivity index (χ1n) is 6.90. The lowest BCUT2D eigenvalue weighted by atomic mass is 9.97. The van der Waals surface area contributed by atoms with Gasteiger partial charge in [-0.3, -0.25) is 0 Å². The molecule has 0 saturated carbocycles. The Morgan fingerprint density at radius 2 is 1.90 bits per heavy atom. The number of nitrogens with one attached hydrogen (secondary N) is 1. The second kappa shape index (κ2) is 6.10. The van der Waals surface area contributed by atoms with Crippen molar-refractivity contribution in [2.45, 2.75) is 27.2 Å². The molecule has 1 heterocycles. The summed E-state index contributed by atoms with van der Waals surface area (Å²) in [4.78, 5) is 4.82. The lowest BCUT2D eigenvalue weighted by Gasteiger charge is -2.09. The Bertz CT molecular complexity index is 629. The van der Waals surface area contributed by atoms with Crippen LogP contribution in [0.1, 0.15) is 22.5 Å². The van der Waals surface area contributed by atoms with E-state index in [-0.39, 0.29) is 0 Å². The third-order valence-electron chi connectivity index (χ3n) is 4.03. The normalized spacial score (nSPS) is 11.1. The van der Waals surface area contributed by atoms with Gasteiger partial charge in [-0.1, -0.05) is 12.1 Å². The van der Waals surface area contributed by atoms with Crippen molar-refractivity contribution in [3.63, 3.8) is 0 Å². The number of imidazole rings is 1. The van der Waals surface area contributed by atoms with Crippen LogP contribution in [-0.4, -0.2) is 23.1 Å². The summed E-state index contributed by atoms with van der Waals surface area (Å²) >= 11 is 3.69. The Morgan fingerprint density at radius 1 is 1.20 bits per heavy atom. The van der Waals surface area contributed by atoms with Crippen LogP contribution in [-0.2, 0) is 13.5 Å². The summed E-state index contributed by atoms with van der Waals surface area (Å²) in [5.41, 5.74) is 6.24. The molecule has 0 radical (unpaired) electrons. The predicted molar refractivity (Wildman–Crippen MR) is 88.2 cm³/mol. The molecule has 2 rings (SSSR count). The van der Waals surface area contributed by atoms with Gasteiger partial charge in [0.1, 0.15) is 16.1 Å². The summed E-state index contributed by atoms with van der Waals surface area (Å²) in [5.74, 6) is 1.10. The Morgan fingerprint density at radius 3 is 2.55 bits per heavy atom. The second-order valence-corrected chi connectivity index (χ2v) is 6.01. The summed E-state index contributed by atoms with van der Waals surface area (Å²) in [5, 5.41) is 3.17. The first-order valence-corrected chi connectivity index (χ1v) is 7.69. The largest absolute Gasteiger partial charge is 0.325 e. The van der Waals surface area contributed by atoms with E-state index in [2.05, 4.69) is 65.8 Å². The van der Waals surface area contributed by atoms with Crippen molar-refractivity contribution in [1.29, 1.82) is 0 Å². The molecule has 0 unspecified atom stereocenters. The van der Waals surface area contributed by atoms with E-state index in [1.54, 1.807) is 0 Å². The number of nitrogens with zero attached hydrogens (tertiary/aromatic N) is 2. The molecule has 1 N–H and O–H groups in total. The van der Waals surface area contributed by atoms with Gasteiger partial charge in [0, 0.05) is 25.6 Å². The quantitative estimate of drug-likeness (QED) is 0.926. The van der Waals surface area contributed by atoms with Crippen molar-refractivity contribution in [3.8, 4) is 11.3 Å². The molecule has 0 atom stereocenters. The zero-order valence-corrected chi connectivity index (χ0v) is 14.4. The minimum atomic E-state index is 0.926. The van der Waals surface area contributed by atoms with Gasteiger partial charge in [-0.25, -0.2) is 4.98 Å². The predicted octanol–water partition coefficient (Wildman–Crippen LogP) is 3.54. The van der Waals surface area contributed by atoms with Crippen LogP contribution in [0.25, 0.3) is 11.3 Å². The molecule has 0 aliphatic carbocycles. The second-order valence-electron chi connectivity index (χ2n) is 5.26. The molecular formula is C16H22BrN3. The molecule has 0 spiro atoms. The molecule has 4 heteroatoms. The molecule has 20 heavy (non-hydrogen) atoms. The van der Waals surface area contributed by atoms with Crippen LogP contribution in [0.4, 0.5) is 0 Å². The number of rotatable bonds is 4. The third-order valence-corrected chi connectivity index (χ3v) is 4.94. The molecule has 2 aromatic rings. The maximum atomic E-state index is 4.82. The molecule has 0 saturated heterocycles. The standard InChI is InChI=1S/C16H22BrN3/c1-10-6-7-13(12(3)11(10)2)15-16(17)20(5)14(19-15)8-9-18-4/h6-7,18H,8-9H2,1-5H3. The minimum absolute atomic E-state index is 0.926. The summed E-state index contributed by atoms with van der Waals surface area (Å²) in [6, 6.07) is 4.35. The van der Waals surface area contributed by atoms with E-state index in [1.807, 2.05) is 7.05 Å². The smallest absolute Gasteiger partial charge is 0.112 e. The highest BCUT2D eigenvalue weighted by Gasteiger charge is 2.16. The monoisotopic (exact) mass is 335 g/mol. The van der Waals surface area contributed by atoms with Crippen molar-refractivity contribution in [2.24, 2.45) is 7.05 Å². The van der Waals surface area contributed by atoms with Crippen LogP contribution in [0, 0.1) is 20.8 Å². The van der Waals surface area contributed by atoms with Gasteiger partial charge >= 0.3 is 0 Å². The molecule has 1 aromatic heterocycles. The average Bonchev–Trinajstić information content (AvgIpc) is 2.71. The Kier molecular flexibility index (Phi) is 4.66. The first-order chi connectivity index (χ1) is 9.47. The molecular weight excluding hydrogens is 314 g/mol. The van der Waals surface area contributed by atoms with Gasteiger partial charge in [0.25, 0.3) is 0 Å². The number of aryl methyl sites for hydroxylation is 1. The zero-order valence-electron chi connectivity index (χ0n) is 12.8. The third kappa shape index (κ3) is 2.67. The summed E-state index contributed by atoms with van der Waals surface area (Å²) in [6.45, 7) is 7.43. The van der Waals surface area contributed by atoms with Gasteiger partial charge in [0.15, 0.2) is 0 Å². The van der Waals surface area contributed by atoms with Crippen LogP contribution < -0.4 is 5.32 Å². The van der Waals surface area contributed by atoms with E-state index in [4.69, 9.17) is 4.98 Å². The number of halogens is 1. The van der Waals surface area contributed by atoms with Gasteiger partial charge in [-0.15, -0.1) is 0 Å². The number of aromatic nitrogens is 2. The lowest BCUT2D eigenvalue weighted by molar-refractivity contribution is 0.713. The highest BCUT2D eigenvalue weighted by atomic mass is 79.9. The number of hydrogen-bond acceptors (Lipinski definition) is 2. The van der Waals surface area contributed by atoms with Gasteiger partial charge in [-0.2, -0.15) is 0 Å². The summed E-state index contributed by atoms with van der Waals surface area (Å²) in [6.07, 6.45) is 0.926. The van der Waals surface area contributed by atoms with Crippen LogP contribution in [0.2, 0.25) is 0 Å². The van der Waals surface area contributed by atoms with Crippen molar-refractivity contribution in [3.05, 3.63) is 39.3 Å². The molecule has 0 aliphatic rings. The van der Waals surface area contributed by atoms with Crippen molar-refractivity contribution in [2.75, 3.05) is 13.6 Å². The molecule has 108 valence electrons. The van der Waals surface area contributed by atoms with Gasteiger partial charge in [-0.05, 0) is 60.4 Å². The summed E-state index contributed by atoms with van der Waals surface area (Å²) in [7, 11) is 4.02. The Labute approximate surface area is 129 Å². The molecule has 0 aliphatic heterocycles. The number of benzene rings is 1. The molecule has 3 nitrogen and oxygen atoms in total. The van der Waals surface area contributed by atoms with E-state index < -0.39 is 0 Å². The fraction of sp³-hybridized carbons (Fsp3) is 0.438. The molecule has 1 aromatic carbocycles. The van der Waals surface area contributed by atoms with Crippen molar-refractivity contribution < 1.29 is 0 Å². The van der Waals surface area contributed by atoms with Crippen LogP contribution in [0.15, 0.2) is 16.7 Å². The van der Waals surface area contributed by atoms with E-state index in [1.165, 1.54) is 22.3 Å². The van der Waals surface area contributed by atoms with E-state index in [0.717, 1.165) is 29.1 Å². The zero-order chi connectivity index (χ0) is 14.9. The molecule has 0 fully saturated rings. The highest BCUT2D eigenvalue weighted by molar-refractivity contribution is 9.10. The Balaban J connectivity index is 2.51. The first kappa shape index (κ1) is 15.3. The molecule has 0 bridgehead atoms. The van der Waals surface area contributed by atoms with E-state index in [9.17, 15) is 0 Å². The van der Waals surface area contributed by atoms with Gasteiger partial charge in [0.05, 0.1) is 0 Å². The number of likely N-dealkylation sites (N-methyl/N-ethyl adjacent to an activating group) is 1. The SMILES string of the molecule is CNCCc1nc(-c2ccc(C)c(C)c2C)c(Br)n1C. The van der Waals surface area contributed by atoms with E-state index >= 15 is 0 Å². The topological polar surface area (TPSA) is 29.9 Å². The highest BCUT2D eigenvalue weighted by Crippen LogP contribution is 2.32. The number of hydrogen-bond donors (Lipinski definition) is 1. The van der Waals surface area contributed by atoms with Crippen molar-refractivity contribution in [1.82, 2.24) is 14.9 Å². The van der Waals surface area contributed by atoms with Crippen LogP contribution in [0.5, 0.6) is 0 Å². The maximum absolute atomic E-state index is 4.82. The maximum Gasteiger partial charge on any atom is 0.112 e. The Hall–Kier alpha value is -1.13. The summed E-state index contributed by atoms with van der Waals surface area (Å²) < 4.78 is 3.18. The van der Waals surface area contributed by atoms with Crippen molar-refractivity contribution >= 4 is 15.9 Å². The molecule has 0 amide bonds.